The SMILES string of the molecule is NC(=O)N1CCCC(C(=O)Nc2cnc(-c3ccccc3)nc2)C1. The lowest BCUT2D eigenvalue weighted by molar-refractivity contribution is -0.121. The molecule has 3 N–H and O–H groups in total. The second-order valence-corrected chi connectivity index (χ2v) is 5.77. The number of carbonyl (C=O) groups excluding carboxylic acids is 2. The molecule has 1 fully saturated rings. The maximum atomic E-state index is 12.3. The van der Waals surface area contributed by atoms with E-state index < -0.39 is 6.03 Å². The van der Waals surface area contributed by atoms with Gasteiger partial charge in [0, 0.05) is 18.7 Å². The van der Waals surface area contributed by atoms with E-state index in [9.17, 15) is 9.59 Å². The van der Waals surface area contributed by atoms with Gasteiger partial charge in [0.1, 0.15) is 0 Å². The number of benzene rings is 1. The molecule has 7 nitrogen and oxygen atoms in total. The number of hydrogen-bond donors (Lipinski definition) is 2. The molecule has 1 atom stereocenters. The monoisotopic (exact) mass is 325 g/mol. The van der Waals surface area contributed by atoms with Crippen LogP contribution in [0.25, 0.3) is 11.4 Å². The Balaban J connectivity index is 1.63. The fourth-order valence-electron chi connectivity index (χ4n) is 2.76. The molecule has 0 bridgehead atoms. The van der Waals surface area contributed by atoms with Gasteiger partial charge in [-0.3, -0.25) is 4.79 Å². The van der Waals surface area contributed by atoms with E-state index in [-0.39, 0.29) is 11.8 Å². The van der Waals surface area contributed by atoms with Crippen LogP contribution in [0, 0.1) is 5.92 Å². The molecule has 124 valence electrons. The van der Waals surface area contributed by atoms with Gasteiger partial charge in [-0.2, -0.15) is 0 Å². The van der Waals surface area contributed by atoms with Gasteiger partial charge in [0.25, 0.3) is 0 Å². The third kappa shape index (κ3) is 3.68. The molecule has 3 rings (SSSR count). The smallest absolute Gasteiger partial charge is 0.314 e. The minimum Gasteiger partial charge on any atom is -0.351 e. The van der Waals surface area contributed by atoms with Crippen LogP contribution in [-0.4, -0.2) is 39.9 Å². The molecular formula is C17H19N5O2. The fourth-order valence-corrected chi connectivity index (χ4v) is 2.76. The number of primary amides is 1. The Morgan fingerprint density at radius 3 is 2.54 bits per heavy atom. The van der Waals surface area contributed by atoms with Crippen molar-refractivity contribution in [3.8, 4) is 11.4 Å². The van der Waals surface area contributed by atoms with Crippen LogP contribution >= 0.6 is 0 Å². The van der Waals surface area contributed by atoms with E-state index in [1.807, 2.05) is 30.3 Å². The van der Waals surface area contributed by atoms with E-state index in [0.717, 1.165) is 18.4 Å². The van der Waals surface area contributed by atoms with Crippen LogP contribution in [0.4, 0.5) is 10.5 Å². The molecule has 1 saturated heterocycles. The number of hydrogen-bond acceptors (Lipinski definition) is 4. The maximum Gasteiger partial charge on any atom is 0.314 e. The van der Waals surface area contributed by atoms with Crippen molar-refractivity contribution in [3.63, 3.8) is 0 Å². The van der Waals surface area contributed by atoms with Crippen LogP contribution in [0.2, 0.25) is 0 Å². The highest BCUT2D eigenvalue weighted by molar-refractivity contribution is 5.92. The first-order valence-corrected chi connectivity index (χ1v) is 7.86. The summed E-state index contributed by atoms with van der Waals surface area (Å²) < 4.78 is 0. The highest BCUT2D eigenvalue weighted by Gasteiger charge is 2.27. The number of aromatic nitrogens is 2. The summed E-state index contributed by atoms with van der Waals surface area (Å²) in [5.74, 6) is 0.197. The first-order chi connectivity index (χ1) is 11.6. The zero-order chi connectivity index (χ0) is 16.9. The largest absolute Gasteiger partial charge is 0.351 e. The second kappa shape index (κ2) is 7.08. The molecule has 0 aliphatic carbocycles. The van der Waals surface area contributed by atoms with Gasteiger partial charge in [0.2, 0.25) is 5.91 Å². The number of nitrogens with two attached hydrogens (primary N) is 1. The van der Waals surface area contributed by atoms with Crippen molar-refractivity contribution in [1.82, 2.24) is 14.9 Å². The van der Waals surface area contributed by atoms with E-state index in [1.165, 1.54) is 4.90 Å². The Hall–Kier alpha value is -2.96. The van der Waals surface area contributed by atoms with Gasteiger partial charge >= 0.3 is 6.03 Å². The van der Waals surface area contributed by atoms with Crippen molar-refractivity contribution in [2.24, 2.45) is 11.7 Å². The molecule has 0 saturated carbocycles. The zero-order valence-electron chi connectivity index (χ0n) is 13.2. The number of likely N-dealkylation sites (tertiary alicyclic amines) is 1. The van der Waals surface area contributed by atoms with E-state index in [4.69, 9.17) is 5.73 Å². The molecule has 7 heteroatoms. The summed E-state index contributed by atoms with van der Waals surface area (Å²) in [4.78, 5) is 33.7. The zero-order valence-corrected chi connectivity index (χ0v) is 13.2. The molecule has 0 spiro atoms. The van der Waals surface area contributed by atoms with E-state index in [2.05, 4.69) is 15.3 Å². The molecule has 1 aromatic heterocycles. The summed E-state index contributed by atoms with van der Waals surface area (Å²) in [6, 6.07) is 9.13. The van der Waals surface area contributed by atoms with E-state index >= 15 is 0 Å². The topological polar surface area (TPSA) is 101 Å². The summed E-state index contributed by atoms with van der Waals surface area (Å²) >= 11 is 0. The summed E-state index contributed by atoms with van der Waals surface area (Å²) in [7, 11) is 0. The number of nitrogens with one attached hydrogen (secondary N) is 1. The third-order valence-corrected chi connectivity index (χ3v) is 4.06. The number of carbonyl (C=O) groups is 2. The number of nitrogens with zero attached hydrogens (tertiary/aromatic N) is 3. The Kier molecular flexibility index (Phi) is 4.69. The van der Waals surface area contributed by atoms with Gasteiger partial charge in [0.05, 0.1) is 24.0 Å². The van der Waals surface area contributed by atoms with Gasteiger partial charge in [-0.05, 0) is 12.8 Å². The van der Waals surface area contributed by atoms with Gasteiger partial charge in [-0.1, -0.05) is 30.3 Å². The quantitative estimate of drug-likeness (QED) is 0.899. The predicted molar refractivity (Wildman–Crippen MR) is 90.0 cm³/mol. The van der Waals surface area contributed by atoms with Crippen LogP contribution in [0.1, 0.15) is 12.8 Å². The Morgan fingerprint density at radius 1 is 1.17 bits per heavy atom. The van der Waals surface area contributed by atoms with E-state index in [0.29, 0.717) is 24.6 Å². The molecular weight excluding hydrogens is 306 g/mol. The lowest BCUT2D eigenvalue weighted by atomic mass is 9.97. The van der Waals surface area contributed by atoms with Crippen LogP contribution < -0.4 is 11.1 Å². The number of anilines is 1. The first kappa shape index (κ1) is 15.9. The normalized spacial score (nSPS) is 17.3. The fraction of sp³-hybridized carbons (Fsp3) is 0.294. The number of rotatable bonds is 3. The van der Waals surface area contributed by atoms with Crippen LogP contribution in [0.3, 0.4) is 0 Å². The van der Waals surface area contributed by atoms with Crippen LogP contribution in [0.5, 0.6) is 0 Å². The molecule has 24 heavy (non-hydrogen) atoms. The van der Waals surface area contributed by atoms with Crippen molar-refractivity contribution >= 4 is 17.6 Å². The molecule has 1 unspecified atom stereocenters. The predicted octanol–water partition coefficient (Wildman–Crippen LogP) is 1.87. The molecule has 2 heterocycles. The highest BCUT2D eigenvalue weighted by atomic mass is 16.2. The van der Waals surface area contributed by atoms with Gasteiger partial charge in [0.15, 0.2) is 5.82 Å². The summed E-state index contributed by atoms with van der Waals surface area (Å²) in [5.41, 5.74) is 6.74. The lowest BCUT2D eigenvalue weighted by Gasteiger charge is -2.30. The Bertz CT molecular complexity index is 718. The molecule has 3 amide bonds. The van der Waals surface area contributed by atoms with E-state index in [1.54, 1.807) is 12.4 Å². The average Bonchev–Trinajstić information content (AvgIpc) is 2.63. The first-order valence-electron chi connectivity index (χ1n) is 7.86. The van der Waals surface area contributed by atoms with Crippen molar-refractivity contribution in [2.75, 3.05) is 18.4 Å². The Labute approximate surface area is 139 Å². The Morgan fingerprint density at radius 2 is 1.88 bits per heavy atom. The summed E-state index contributed by atoms with van der Waals surface area (Å²) in [6.45, 7) is 0.956. The van der Waals surface area contributed by atoms with Crippen LogP contribution in [-0.2, 0) is 4.79 Å². The number of amides is 3. The highest BCUT2D eigenvalue weighted by Crippen LogP contribution is 2.19. The number of piperidine rings is 1. The average molecular weight is 325 g/mol. The minimum absolute atomic E-state index is 0.142. The number of urea groups is 1. The second-order valence-electron chi connectivity index (χ2n) is 5.77. The summed E-state index contributed by atoms with van der Waals surface area (Å²) in [5, 5.41) is 2.81. The van der Waals surface area contributed by atoms with Gasteiger partial charge < -0.3 is 16.0 Å². The molecule has 0 radical (unpaired) electrons. The summed E-state index contributed by atoms with van der Waals surface area (Å²) in [6.07, 6.45) is 4.67. The van der Waals surface area contributed by atoms with Crippen molar-refractivity contribution in [1.29, 1.82) is 0 Å². The molecule has 2 aromatic rings. The standard InChI is InChI=1S/C17H19N5O2/c18-17(24)22-8-4-7-13(11-22)16(23)21-14-9-19-15(20-10-14)12-5-2-1-3-6-12/h1-3,5-6,9-10,13H,4,7-8,11H2,(H2,18,24)(H,21,23). The van der Waals surface area contributed by atoms with Gasteiger partial charge in [-0.25, -0.2) is 14.8 Å². The van der Waals surface area contributed by atoms with Crippen LogP contribution in [0.15, 0.2) is 42.7 Å². The molecule has 1 aliphatic rings. The molecule has 1 aromatic carbocycles. The van der Waals surface area contributed by atoms with Crippen molar-refractivity contribution in [3.05, 3.63) is 42.7 Å². The van der Waals surface area contributed by atoms with Crippen molar-refractivity contribution < 1.29 is 9.59 Å². The lowest BCUT2D eigenvalue weighted by Crippen LogP contribution is -2.46. The van der Waals surface area contributed by atoms with Crippen molar-refractivity contribution in [2.45, 2.75) is 12.8 Å². The third-order valence-electron chi connectivity index (χ3n) is 4.06. The molecule has 1 aliphatic heterocycles. The van der Waals surface area contributed by atoms with Gasteiger partial charge in [-0.15, -0.1) is 0 Å². The maximum absolute atomic E-state index is 12.3. The minimum atomic E-state index is -0.483.